The third kappa shape index (κ3) is 2.99. The second kappa shape index (κ2) is 6.47. The number of nitrogens with zero attached hydrogens (tertiary/aromatic N) is 2. The highest BCUT2D eigenvalue weighted by molar-refractivity contribution is 6.07. The molecule has 1 N–H and O–H groups in total. The molecule has 0 saturated carbocycles. The predicted octanol–water partition coefficient (Wildman–Crippen LogP) is 3.05. The number of carboxylic acids is 1. The number of benzene rings is 1. The SMILES string of the molecule is O=C(O)CC1CCN(C(=O)c2c3c(nc4ccccc24)CCC3)CC1. The number of carbonyl (C=O) groups is 2. The van der Waals surface area contributed by atoms with Crippen LogP contribution in [0.25, 0.3) is 10.9 Å². The van der Waals surface area contributed by atoms with Gasteiger partial charge in [-0.3, -0.25) is 14.6 Å². The quantitative estimate of drug-likeness (QED) is 0.934. The van der Waals surface area contributed by atoms with Crippen LogP contribution in [0.2, 0.25) is 0 Å². The number of pyridine rings is 1. The van der Waals surface area contributed by atoms with Crippen molar-refractivity contribution >= 4 is 22.8 Å². The smallest absolute Gasteiger partial charge is 0.303 e. The molecule has 2 aromatic rings. The molecule has 5 heteroatoms. The molecule has 130 valence electrons. The first-order chi connectivity index (χ1) is 12.1. The molecule has 1 saturated heterocycles. The van der Waals surface area contributed by atoms with Crippen LogP contribution in [0, 0.1) is 5.92 Å². The lowest BCUT2D eigenvalue weighted by Gasteiger charge is -2.32. The summed E-state index contributed by atoms with van der Waals surface area (Å²) < 4.78 is 0. The van der Waals surface area contributed by atoms with Crippen LogP contribution in [-0.2, 0) is 17.6 Å². The van der Waals surface area contributed by atoms with Crippen LogP contribution in [0.4, 0.5) is 0 Å². The van der Waals surface area contributed by atoms with Crippen molar-refractivity contribution in [2.45, 2.75) is 38.5 Å². The average Bonchev–Trinajstić information content (AvgIpc) is 3.07. The zero-order valence-corrected chi connectivity index (χ0v) is 14.2. The highest BCUT2D eigenvalue weighted by atomic mass is 16.4. The Hall–Kier alpha value is -2.43. The van der Waals surface area contributed by atoms with E-state index in [1.807, 2.05) is 29.2 Å². The first-order valence-corrected chi connectivity index (χ1v) is 9.05. The number of aryl methyl sites for hydroxylation is 1. The number of carboxylic acid groups (broad SMARTS) is 1. The Morgan fingerprint density at radius 1 is 1.16 bits per heavy atom. The van der Waals surface area contributed by atoms with Crippen LogP contribution >= 0.6 is 0 Å². The zero-order chi connectivity index (χ0) is 17.4. The Kier molecular flexibility index (Phi) is 4.15. The minimum absolute atomic E-state index is 0.0884. The Morgan fingerprint density at radius 2 is 1.92 bits per heavy atom. The molecule has 0 bridgehead atoms. The van der Waals surface area contributed by atoms with Crippen LogP contribution in [0.15, 0.2) is 24.3 Å². The van der Waals surface area contributed by atoms with E-state index in [2.05, 4.69) is 0 Å². The number of fused-ring (bicyclic) bond motifs is 2. The van der Waals surface area contributed by atoms with Gasteiger partial charge in [-0.1, -0.05) is 18.2 Å². The summed E-state index contributed by atoms with van der Waals surface area (Å²) in [6, 6.07) is 7.89. The number of carbonyl (C=O) groups excluding carboxylic acids is 1. The van der Waals surface area contributed by atoms with E-state index < -0.39 is 5.97 Å². The number of aromatic nitrogens is 1. The van der Waals surface area contributed by atoms with Gasteiger partial charge in [0.05, 0.1) is 11.1 Å². The standard InChI is InChI=1S/C20H22N2O3/c23-18(24)12-13-8-10-22(11-9-13)20(25)19-14-4-1-2-6-16(14)21-17-7-3-5-15(17)19/h1-2,4,6,13H,3,5,7-12H2,(H,23,24). The molecule has 4 rings (SSSR count). The van der Waals surface area contributed by atoms with Crippen molar-refractivity contribution in [3.05, 3.63) is 41.1 Å². The molecule has 25 heavy (non-hydrogen) atoms. The van der Waals surface area contributed by atoms with Crippen LogP contribution < -0.4 is 0 Å². The molecule has 2 heterocycles. The summed E-state index contributed by atoms with van der Waals surface area (Å²) in [6.07, 6.45) is 4.66. The fourth-order valence-corrected chi connectivity index (χ4v) is 4.20. The van der Waals surface area contributed by atoms with Crippen LogP contribution in [0.5, 0.6) is 0 Å². The van der Waals surface area contributed by atoms with Gasteiger partial charge < -0.3 is 10.0 Å². The van der Waals surface area contributed by atoms with Gasteiger partial charge in [-0.25, -0.2) is 0 Å². The highest BCUT2D eigenvalue weighted by Crippen LogP contribution is 2.32. The topological polar surface area (TPSA) is 70.5 Å². The second-order valence-corrected chi connectivity index (χ2v) is 7.12. The molecule has 0 atom stereocenters. The van der Waals surface area contributed by atoms with Gasteiger partial charge >= 0.3 is 5.97 Å². The maximum absolute atomic E-state index is 13.3. The van der Waals surface area contributed by atoms with Gasteiger partial charge in [0.25, 0.3) is 5.91 Å². The molecule has 0 unspecified atom stereocenters. The second-order valence-electron chi connectivity index (χ2n) is 7.12. The molecular formula is C20H22N2O3. The fourth-order valence-electron chi connectivity index (χ4n) is 4.20. The molecule has 2 aliphatic rings. The van der Waals surface area contributed by atoms with Crippen molar-refractivity contribution in [2.24, 2.45) is 5.92 Å². The number of likely N-dealkylation sites (tertiary alicyclic amines) is 1. The van der Waals surface area contributed by atoms with Gasteiger partial charge in [-0.05, 0) is 49.7 Å². The molecule has 0 spiro atoms. The average molecular weight is 338 g/mol. The van der Waals surface area contributed by atoms with Crippen molar-refractivity contribution in [1.82, 2.24) is 9.88 Å². The number of hydrogen-bond donors (Lipinski definition) is 1. The Balaban J connectivity index is 1.64. The normalized spacial score (nSPS) is 17.7. The fraction of sp³-hybridized carbons (Fsp3) is 0.450. The Labute approximate surface area is 146 Å². The first-order valence-electron chi connectivity index (χ1n) is 9.05. The van der Waals surface area contributed by atoms with Crippen molar-refractivity contribution in [3.63, 3.8) is 0 Å². The van der Waals surface area contributed by atoms with Crippen molar-refractivity contribution in [2.75, 3.05) is 13.1 Å². The van der Waals surface area contributed by atoms with Gasteiger partial charge in [-0.2, -0.15) is 0 Å². The molecule has 1 aliphatic carbocycles. The summed E-state index contributed by atoms with van der Waals surface area (Å²) in [5, 5.41) is 9.90. The van der Waals surface area contributed by atoms with E-state index in [9.17, 15) is 9.59 Å². The number of amides is 1. The lowest BCUT2D eigenvalue weighted by atomic mass is 9.92. The van der Waals surface area contributed by atoms with E-state index in [4.69, 9.17) is 10.1 Å². The Bertz CT molecular complexity index is 838. The van der Waals surface area contributed by atoms with Gasteiger partial charge in [0.1, 0.15) is 0 Å². The van der Waals surface area contributed by atoms with Gasteiger partial charge in [0.2, 0.25) is 0 Å². The van der Waals surface area contributed by atoms with Crippen LogP contribution in [0.1, 0.15) is 47.3 Å². The third-order valence-corrected chi connectivity index (χ3v) is 5.50. The maximum Gasteiger partial charge on any atom is 0.303 e. The summed E-state index contributed by atoms with van der Waals surface area (Å²) in [5.74, 6) is -0.477. The predicted molar refractivity (Wildman–Crippen MR) is 94.6 cm³/mol. The number of para-hydroxylation sites is 1. The van der Waals surface area contributed by atoms with E-state index in [-0.39, 0.29) is 18.2 Å². The van der Waals surface area contributed by atoms with Crippen molar-refractivity contribution < 1.29 is 14.7 Å². The Morgan fingerprint density at radius 3 is 2.68 bits per heavy atom. The summed E-state index contributed by atoms with van der Waals surface area (Å²) >= 11 is 0. The van der Waals surface area contributed by atoms with E-state index in [1.165, 1.54) is 0 Å². The maximum atomic E-state index is 13.3. The largest absolute Gasteiger partial charge is 0.481 e. The van der Waals surface area contributed by atoms with Gasteiger partial charge in [0, 0.05) is 30.6 Å². The van der Waals surface area contributed by atoms with E-state index >= 15 is 0 Å². The molecule has 1 aromatic carbocycles. The van der Waals surface area contributed by atoms with Crippen molar-refractivity contribution in [3.8, 4) is 0 Å². The first kappa shape index (κ1) is 16.1. The van der Waals surface area contributed by atoms with Gasteiger partial charge in [-0.15, -0.1) is 0 Å². The zero-order valence-electron chi connectivity index (χ0n) is 14.2. The number of aliphatic carboxylic acids is 1. The highest BCUT2D eigenvalue weighted by Gasteiger charge is 2.29. The minimum atomic E-state index is -0.747. The molecule has 1 fully saturated rings. The summed E-state index contributed by atoms with van der Waals surface area (Å²) in [5.41, 5.74) is 3.92. The van der Waals surface area contributed by atoms with Gasteiger partial charge in [0.15, 0.2) is 0 Å². The minimum Gasteiger partial charge on any atom is -0.481 e. The van der Waals surface area contributed by atoms with E-state index in [0.717, 1.165) is 59.8 Å². The van der Waals surface area contributed by atoms with Crippen LogP contribution in [0.3, 0.4) is 0 Å². The summed E-state index contributed by atoms with van der Waals surface area (Å²) in [4.78, 5) is 30.8. The van der Waals surface area contributed by atoms with Crippen molar-refractivity contribution in [1.29, 1.82) is 0 Å². The molecule has 1 amide bonds. The third-order valence-electron chi connectivity index (χ3n) is 5.50. The summed E-state index contributed by atoms with van der Waals surface area (Å²) in [7, 11) is 0. The number of rotatable bonds is 3. The molecule has 0 radical (unpaired) electrons. The molecule has 1 aromatic heterocycles. The molecular weight excluding hydrogens is 316 g/mol. The molecule has 5 nitrogen and oxygen atoms in total. The lowest BCUT2D eigenvalue weighted by Crippen LogP contribution is -2.39. The lowest BCUT2D eigenvalue weighted by molar-refractivity contribution is -0.138. The monoisotopic (exact) mass is 338 g/mol. The van der Waals surface area contributed by atoms with E-state index in [1.54, 1.807) is 0 Å². The van der Waals surface area contributed by atoms with E-state index in [0.29, 0.717) is 13.1 Å². The molecule has 1 aliphatic heterocycles. The summed E-state index contributed by atoms with van der Waals surface area (Å²) in [6.45, 7) is 1.28. The van der Waals surface area contributed by atoms with Crippen LogP contribution in [-0.4, -0.2) is 40.0 Å². The number of hydrogen-bond acceptors (Lipinski definition) is 3. The number of piperidine rings is 1.